The first-order valence-corrected chi connectivity index (χ1v) is 7.32. The van der Waals surface area contributed by atoms with E-state index >= 15 is 0 Å². The van der Waals surface area contributed by atoms with Crippen molar-refractivity contribution < 1.29 is 9.84 Å². The van der Waals surface area contributed by atoms with Gasteiger partial charge in [0.2, 0.25) is 0 Å². The molecule has 108 valence electrons. The number of ether oxygens (including phenoxy) is 1. The highest BCUT2D eigenvalue weighted by molar-refractivity contribution is 4.78. The van der Waals surface area contributed by atoms with Gasteiger partial charge in [0.1, 0.15) is 0 Å². The van der Waals surface area contributed by atoms with E-state index in [2.05, 4.69) is 10.4 Å². The topological polar surface area (TPSA) is 59.3 Å². The average molecular weight is 267 g/mol. The van der Waals surface area contributed by atoms with Crippen molar-refractivity contribution >= 4 is 0 Å². The molecule has 0 amide bonds. The first kappa shape index (κ1) is 14.5. The molecule has 0 bridgehead atoms. The summed E-state index contributed by atoms with van der Waals surface area (Å²) in [6.07, 6.45) is 10.0. The molecule has 1 unspecified atom stereocenters. The van der Waals surface area contributed by atoms with Gasteiger partial charge in [-0.1, -0.05) is 19.3 Å². The van der Waals surface area contributed by atoms with E-state index in [1.807, 2.05) is 12.3 Å². The van der Waals surface area contributed by atoms with Crippen LogP contribution in [0.15, 0.2) is 18.5 Å². The molecule has 2 rings (SSSR count). The molecule has 5 nitrogen and oxygen atoms in total. The number of nitrogens with zero attached hydrogens (tertiary/aromatic N) is 2. The van der Waals surface area contributed by atoms with Crippen LogP contribution in [-0.4, -0.2) is 46.8 Å². The molecule has 1 saturated carbocycles. The van der Waals surface area contributed by atoms with Crippen molar-refractivity contribution in [1.29, 1.82) is 0 Å². The number of nitrogens with one attached hydrogen (secondary N) is 1. The van der Waals surface area contributed by atoms with Crippen molar-refractivity contribution in [1.82, 2.24) is 15.1 Å². The van der Waals surface area contributed by atoms with Crippen LogP contribution in [0.5, 0.6) is 0 Å². The van der Waals surface area contributed by atoms with E-state index < -0.39 is 6.10 Å². The molecule has 1 aliphatic rings. The molecule has 0 spiro atoms. The SMILES string of the molecule is OC(CNCCOC1CCCCC1)Cn1cccn1. The Labute approximate surface area is 115 Å². The molecule has 0 aromatic carbocycles. The first-order chi connectivity index (χ1) is 9.34. The maximum atomic E-state index is 9.80. The molecule has 5 heteroatoms. The monoisotopic (exact) mass is 267 g/mol. The fraction of sp³-hybridized carbons (Fsp3) is 0.786. The van der Waals surface area contributed by atoms with Crippen LogP contribution in [0.1, 0.15) is 32.1 Å². The summed E-state index contributed by atoms with van der Waals surface area (Å²) in [7, 11) is 0. The Balaban J connectivity index is 1.47. The molecule has 1 fully saturated rings. The van der Waals surface area contributed by atoms with Crippen molar-refractivity contribution in [2.75, 3.05) is 19.7 Å². The number of aliphatic hydroxyl groups excluding tert-OH is 1. The fourth-order valence-electron chi connectivity index (χ4n) is 2.49. The van der Waals surface area contributed by atoms with E-state index in [0.717, 1.165) is 13.2 Å². The highest BCUT2D eigenvalue weighted by atomic mass is 16.5. The van der Waals surface area contributed by atoms with Gasteiger partial charge in [0.15, 0.2) is 0 Å². The summed E-state index contributed by atoms with van der Waals surface area (Å²) < 4.78 is 7.55. The van der Waals surface area contributed by atoms with Crippen molar-refractivity contribution in [3.05, 3.63) is 18.5 Å². The van der Waals surface area contributed by atoms with Gasteiger partial charge in [-0.3, -0.25) is 4.68 Å². The summed E-state index contributed by atoms with van der Waals surface area (Å²) in [4.78, 5) is 0. The second kappa shape index (κ2) is 8.30. The Bertz CT molecular complexity index is 323. The highest BCUT2D eigenvalue weighted by Crippen LogP contribution is 2.19. The second-order valence-corrected chi connectivity index (χ2v) is 5.22. The zero-order valence-corrected chi connectivity index (χ0v) is 11.5. The van der Waals surface area contributed by atoms with Crippen LogP contribution < -0.4 is 5.32 Å². The zero-order chi connectivity index (χ0) is 13.3. The summed E-state index contributed by atoms with van der Waals surface area (Å²) in [5, 5.41) is 17.1. The summed E-state index contributed by atoms with van der Waals surface area (Å²) in [5.74, 6) is 0. The zero-order valence-electron chi connectivity index (χ0n) is 11.5. The standard InChI is InChI=1S/C14H25N3O2/c18-13(12-17-9-4-7-16-17)11-15-8-10-19-14-5-2-1-3-6-14/h4,7,9,13-15,18H,1-3,5-6,8,10-12H2. The molecule has 1 aliphatic carbocycles. The predicted molar refractivity (Wildman–Crippen MR) is 73.9 cm³/mol. The van der Waals surface area contributed by atoms with Crippen LogP contribution in [0, 0.1) is 0 Å². The Morgan fingerprint density at radius 2 is 2.21 bits per heavy atom. The minimum Gasteiger partial charge on any atom is -0.390 e. The van der Waals surface area contributed by atoms with Gasteiger partial charge in [-0.2, -0.15) is 5.10 Å². The number of aliphatic hydroxyl groups is 1. The summed E-state index contributed by atoms with van der Waals surface area (Å²) in [6, 6.07) is 1.86. The minimum atomic E-state index is -0.408. The highest BCUT2D eigenvalue weighted by Gasteiger charge is 2.13. The van der Waals surface area contributed by atoms with Crippen LogP contribution in [0.4, 0.5) is 0 Å². The molecule has 1 aromatic rings. The van der Waals surface area contributed by atoms with Gasteiger partial charge in [-0.15, -0.1) is 0 Å². The molecule has 19 heavy (non-hydrogen) atoms. The molecule has 0 aliphatic heterocycles. The minimum absolute atomic E-state index is 0.408. The fourth-order valence-corrected chi connectivity index (χ4v) is 2.49. The van der Waals surface area contributed by atoms with E-state index in [4.69, 9.17) is 4.74 Å². The maximum Gasteiger partial charge on any atom is 0.0860 e. The third kappa shape index (κ3) is 5.72. The van der Waals surface area contributed by atoms with Crippen LogP contribution in [-0.2, 0) is 11.3 Å². The quantitative estimate of drug-likeness (QED) is 0.695. The van der Waals surface area contributed by atoms with Crippen LogP contribution >= 0.6 is 0 Å². The lowest BCUT2D eigenvalue weighted by Gasteiger charge is -2.22. The van der Waals surface area contributed by atoms with E-state index in [1.165, 1.54) is 32.1 Å². The van der Waals surface area contributed by atoms with E-state index in [0.29, 0.717) is 19.2 Å². The number of aromatic nitrogens is 2. The summed E-state index contributed by atoms with van der Waals surface area (Å²) in [5.41, 5.74) is 0. The first-order valence-electron chi connectivity index (χ1n) is 7.32. The van der Waals surface area contributed by atoms with Gasteiger partial charge in [-0.25, -0.2) is 0 Å². The van der Waals surface area contributed by atoms with Gasteiger partial charge in [0.05, 0.1) is 25.4 Å². The lowest BCUT2D eigenvalue weighted by Crippen LogP contribution is -2.33. The van der Waals surface area contributed by atoms with Crippen molar-refractivity contribution in [2.24, 2.45) is 0 Å². The molecular formula is C14H25N3O2. The Morgan fingerprint density at radius 1 is 1.37 bits per heavy atom. The molecule has 0 radical (unpaired) electrons. The average Bonchev–Trinajstić information content (AvgIpc) is 2.92. The van der Waals surface area contributed by atoms with Crippen LogP contribution in [0.25, 0.3) is 0 Å². The van der Waals surface area contributed by atoms with Crippen molar-refractivity contribution in [3.63, 3.8) is 0 Å². The normalized spacial score (nSPS) is 18.6. The second-order valence-electron chi connectivity index (χ2n) is 5.22. The Hall–Kier alpha value is -0.910. The molecule has 1 atom stereocenters. The Morgan fingerprint density at radius 3 is 2.95 bits per heavy atom. The van der Waals surface area contributed by atoms with Crippen molar-refractivity contribution in [2.45, 2.75) is 50.9 Å². The van der Waals surface area contributed by atoms with E-state index in [-0.39, 0.29) is 0 Å². The molecule has 1 aromatic heterocycles. The molecule has 1 heterocycles. The van der Waals surface area contributed by atoms with Gasteiger partial charge in [-0.05, 0) is 18.9 Å². The maximum absolute atomic E-state index is 9.80. The lowest BCUT2D eigenvalue weighted by molar-refractivity contribution is 0.0289. The van der Waals surface area contributed by atoms with Gasteiger partial charge < -0.3 is 15.2 Å². The third-order valence-electron chi connectivity index (χ3n) is 3.52. The largest absolute Gasteiger partial charge is 0.390 e. The van der Waals surface area contributed by atoms with Gasteiger partial charge >= 0.3 is 0 Å². The van der Waals surface area contributed by atoms with Gasteiger partial charge in [0.25, 0.3) is 0 Å². The summed E-state index contributed by atoms with van der Waals surface area (Å²) in [6.45, 7) is 2.64. The Kier molecular flexibility index (Phi) is 6.33. The predicted octanol–water partition coefficient (Wildman–Crippen LogP) is 1.18. The van der Waals surface area contributed by atoms with Crippen LogP contribution in [0.3, 0.4) is 0 Å². The molecule has 0 saturated heterocycles. The van der Waals surface area contributed by atoms with Gasteiger partial charge in [0, 0.05) is 25.5 Å². The van der Waals surface area contributed by atoms with Crippen molar-refractivity contribution in [3.8, 4) is 0 Å². The lowest BCUT2D eigenvalue weighted by atomic mass is 9.98. The third-order valence-corrected chi connectivity index (χ3v) is 3.52. The number of hydrogen-bond donors (Lipinski definition) is 2. The van der Waals surface area contributed by atoms with Crippen LogP contribution in [0.2, 0.25) is 0 Å². The smallest absolute Gasteiger partial charge is 0.0860 e. The molecule has 2 N–H and O–H groups in total. The number of rotatable bonds is 8. The van der Waals surface area contributed by atoms with E-state index in [9.17, 15) is 5.11 Å². The van der Waals surface area contributed by atoms with E-state index in [1.54, 1.807) is 10.9 Å². The number of hydrogen-bond acceptors (Lipinski definition) is 4. The molecular weight excluding hydrogens is 242 g/mol. The summed E-state index contributed by atoms with van der Waals surface area (Å²) >= 11 is 0.